The lowest BCUT2D eigenvalue weighted by molar-refractivity contribution is -0.151. The van der Waals surface area contributed by atoms with Crippen molar-refractivity contribution >= 4 is 27.6 Å². The van der Waals surface area contributed by atoms with Crippen LogP contribution in [0.25, 0.3) is 0 Å². The van der Waals surface area contributed by atoms with Gasteiger partial charge in [-0.25, -0.2) is 4.79 Å². The minimum atomic E-state index is -0.694. The molecular formula is C16H22BrNO3. The maximum atomic E-state index is 12.4. The molecule has 21 heavy (non-hydrogen) atoms. The molecule has 4 nitrogen and oxygen atoms in total. The SMILES string of the molecule is CCCC1CC(Nc2ccc(Br)cc2)(C(=O)OC)CCO1. The molecule has 0 aliphatic carbocycles. The van der Waals surface area contributed by atoms with Gasteiger partial charge in [0, 0.05) is 29.6 Å². The van der Waals surface area contributed by atoms with Crippen molar-refractivity contribution in [2.24, 2.45) is 0 Å². The van der Waals surface area contributed by atoms with E-state index >= 15 is 0 Å². The molecule has 1 aliphatic rings. The van der Waals surface area contributed by atoms with Gasteiger partial charge in [0.15, 0.2) is 0 Å². The molecule has 0 aromatic heterocycles. The van der Waals surface area contributed by atoms with E-state index in [9.17, 15) is 4.79 Å². The molecule has 0 amide bonds. The maximum Gasteiger partial charge on any atom is 0.331 e. The van der Waals surface area contributed by atoms with Crippen LogP contribution in [0.4, 0.5) is 5.69 Å². The Kier molecular flexibility index (Phi) is 5.65. The van der Waals surface area contributed by atoms with Crippen molar-refractivity contribution in [3.8, 4) is 0 Å². The van der Waals surface area contributed by atoms with Gasteiger partial charge >= 0.3 is 5.97 Å². The highest BCUT2D eigenvalue weighted by Crippen LogP contribution is 2.32. The number of benzene rings is 1. The second kappa shape index (κ2) is 7.27. The molecule has 1 heterocycles. The number of hydrogen-bond acceptors (Lipinski definition) is 4. The Morgan fingerprint density at radius 2 is 2.19 bits per heavy atom. The monoisotopic (exact) mass is 355 g/mol. The van der Waals surface area contributed by atoms with Gasteiger partial charge in [-0.05, 0) is 30.7 Å². The highest BCUT2D eigenvalue weighted by molar-refractivity contribution is 9.10. The molecule has 0 radical (unpaired) electrons. The summed E-state index contributed by atoms with van der Waals surface area (Å²) in [6, 6.07) is 7.82. The number of methoxy groups -OCH3 is 1. The number of halogens is 1. The van der Waals surface area contributed by atoms with Crippen LogP contribution >= 0.6 is 15.9 Å². The molecule has 0 saturated carbocycles. The molecule has 1 fully saturated rings. The van der Waals surface area contributed by atoms with Crippen molar-refractivity contribution in [2.75, 3.05) is 19.0 Å². The molecule has 1 aromatic carbocycles. The summed E-state index contributed by atoms with van der Waals surface area (Å²) in [5.74, 6) is -0.213. The standard InChI is InChI=1S/C16H22BrNO3/c1-3-4-14-11-16(9-10-21-14,15(19)20-2)18-13-7-5-12(17)6-8-13/h5-8,14,18H,3-4,9-11H2,1-2H3. The van der Waals surface area contributed by atoms with Gasteiger partial charge in [0.25, 0.3) is 0 Å². The van der Waals surface area contributed by atoms with Gasteiger partial charge in [-0.15, -0.1) is 0 Å². The lowest BCUT2D eigenvalue weighted by Crippen LogP contribution is -2.53. The highest BCUT2D eigenvalue weighted by Gasteiger charge is 2.44. The summed E-state index contributed by atoms with van der Waals surface area (Å²) >= 11 is 3.42. The molecule has 2 rings (SSSR count). The van der Waals surface area contributed by atoms with Crippen LogP contribution in [0.2, 0.25) is 0 Å². The number of carbonyl (C=O) groups is 1. The van der Waals surface area contributed by atoms with E-state index in [-0.39, 0.29) is 12.1 Å². The molecule has 0 spiro atoms. The molecule has 2 atom stereocenters. The summed E-state index contributed by atoms with van der Waals surface area (Å²) in [5, 5.41) is 3.39. The first-order valence-electron chi connectivity index (χ1n) is 7.33. The lowest BCUT2D eigenvalue weighted by Gasteiger charge is -2.39. The number of carbonyl (C=O) groups excluding carboxylic acids is 1. The van der Waals surface area contributed by atoms with E-state index in [1.165, 1.54) is 7.11 Å². The first-order chi connectivity index (χ1) is 10.1. The van der Waals surface area contributed by atoms with E-state index in [0.717, 1.165) is 23.0 Å². The van der Waals surface area contributed by atoms with Crippen LogP contribution in [-0.2, 0) is 14.3 Å². The molecule has 2 unspecified atom stereocenters. The minimum absolute atomic E-state index is 0.103. The third-order valence-electron chi connectivity index (χ3n) is 3.87. The minimum Gasteiger partial charge on any atom is -0.467 e. The number of rotatable bonds is 5. The van der Waals surface area contributed by atoms with E-state index in [1.54, 1.807) is 0 Å². The largest absolute Gasteiger partial charge is 0.467 e. The van der Waals surface area contributed by atoms with Crippen LogP contribution in [0.5, 0.6) is 0 Å². The summed E-state index contributed by atoms with van der Waals surface area (Å²) in [4.78, 5) is 12.4. The van der Waals surface area contributed by atoms with Crippen molar-refractivity contribution in [3.63, 3.8) is 0 Å². The van der Waals surface area contributed by atoms with Crippen molar-refractivity contribution in [1.82, 2.24) is 0 Å². The predicted molar refractivity (Wildman–Crippen MR) is 86.4 cm³/mol. The van der Waals surface area contributed by atoms with Crippen LogP contribution in [0.3, 0.4) is 0 Å². The molecular weight excluding hydrogens is 334 g/mol. The van der Waals surface area contributed by atoms with Gasteiger partial charge < -0.3 is 14.8 Å². The second-order valence-corrected chi connectivity index (χ2v) is 6.36. The van der Waals surface area contributed by atoms with Crippen molar-refractivity contribution in [2.45, 2.75) is 44.2 Å². The van der Waals surface area contributed by atoms with E-state index in [2.05, 4.69) is 28.2 Å². The second-order valence-electron chi connectivity index (χ2n) is 5.44. The Labute approximate surface area is 134 Å². The van der Waals surface area contributed by atoms with Gasteiger partial charge in [-0.1, -0.05) is 29.3 Å². The summed E-state index contributed by atoms with van der Waals surface area (Å²) in [7, 11) is 1.44. The zero-order valence-electron chi connectivity index (χ0n) is 12.5. The first-order valence-corrected chi connectivity index (χ1v) is 8.12. The molecule has 5 heteroatoms. The molecule has 1 aromatic rings. The van der Waals surface area contributed by atoms with Crippen LogP contribution in [0.15, 0.2) is 28.7 Å². The molecule has 1 N–H and O–H groups in total. The van der Waals surface area contributed by atoms with Crippen LogP contribution in [-0.4, -0.2) is 31.3 Å². The fraction of sp³-hybridized carbons (Fsp3) is 0.562. The van der Waals surface area contributed by atoms with E-state index in [0.29, 0.717) is 19.4 Å². The number of ether oxygens (including phenoxy) is 2. The maximum absolute atomic E-state index is 12.4. The van der Waals surface area contributed by atoms with Gasteiger partial charge in [0.05, 0.1) is 13.2 Å². The topological polar surface area (TPSA) is 47.6 Å². The zero-order valence-corrected chi connectivity index (χ0v) is 14.1. The van der Waals surface area contributed by atoms with Crippen LogP contribution in [0, 0.1) is 0 Å². The van der Waals surface area contributed by atoms with Gasteiger partial charge in [-0.3, -0.25) is 0 Å². The smallest absolute Gasteiger partial charge is 0.331 e. The Bertz CT molecular complexity index is 475. The summed E-state index contributed by atoms with van der Waals surface area (Å²) < 4.78 is 11.8. The number of esters is 1. The van der Waals surface area contributed by atoms with E-state index in [1.807, 2.05) is 24.3 Å². The van der Waals surface area contributed by atoms with Gasteiger partial charge in [0.2, 0.25) is 0 Å². The number of hydrogen-bond donors (Lipinski definition) is 1. The van der Waals surface area contributed by atoms with Crippen LogP contribution < -0.4 is 5.32 Å². The summed E-state index contributed by atoms with van der Waals surface area (Å²) in [5.41, 5.74) is 0.224. The van der Waals surface area contributed by atoms with Crippen LogP contribution in [0.1, 0.15) is 32.6 Å². The van der Waals surface area contributed by atoms with Crippen molar-refractivity contribution in [3.05, 3.63) is 28.7 Å². The third kappa shape index (κ3) is 3.98. The Hall–Kier alpha value is -1.07. The first kappa shape index (κ1) is 16.3. The molecule has 1 saturated heterocycles. The number of nitrogens with one attached hydrogen (secondary N) is 1. The Morgan fingerprint density at radius 1 is 1.48 bits per heavy atom. The quantitative estimate of drug-likeness (QED) is 0.817. The third-order valence-corrected chi connectivity index (χ3v) is 4.40. The normalized spacial score (nSPS) is 25.4. The predicted octanol–water partition coefficient (Wildman–Crippen LogP) is 3.75. The summed E-state index contributed by atoms with van der Waals surface area (Å²) in [6.07, 6.45) is 3.37. The lowest BCUT2D eigenvalue weighted by atomic mass is 9.85. The highest BCUT2D eigenvalue weighted by atomic mass is 79.9. The average molecular weight is 356 g/mol. The fourth-order valence-corrected chi connectivity index (χ4v) is 3.08. The van der Waals surface area contributed by atoms with E-state index in [4.69, 9.17) is 9.47 Å². The fourth-order valence-electron chi connectivity index (χ4n) is 2.81. The molecule has 0 bridgehead atoms. The molecule has 116 valence electrons. The van der Waals surface area contributed by atoms with Gasteiger partial charge in [0.1, 0.15) is 5.54 Å². The van der Waals surface area contributed by atoms with Crippen molar-refractivity contribution < 1.29 is 14.3 Å². The average Bonchev–Trinajstić information content (AvgIpc) is 2.49. The number of anilines is 1. The van der Waals surface area contributed by atoms with Gasteiger partial charge in [-0.2, -0.15) is 0 Å². The Morgan fingerprint density at radius 3 is 2.81 bits per heavy atom. The molecule has 1 aliphatic heterocycles. The van der Waals surface area contributed by atoms with E-state index < -0.39 is 5.54 Å². The Balaban J connectivity index is 2.20. The zero-order chi connectivity index (χ0) is 15.3. The van der Waals surface area contributed by atoms with Crippen molar-refractivity contribution in [1.29, 1.82) is 0 Å². The summed E-state index contributed by atoms with van der Waals surface area (Å²) in [6.45, 7) is 2.70.